The SMILES string of the molecule is C=CC(=O)O[C@](O)(C(=O)[O-])[C@@](C)(O)[C@H](O)[C@H](O)CO.[K+]. The zero-order valence-corrected chi connectivity index (χ0v) is 14.1. The van der Waals surface area contributed by atoms with E-state index in [9.17, 15) is 30.0 Å². The first-order valence-electron chi connectivity index (χ1n) is 5.03. The maximum atomic E-state index is 10.9. The number of aliphatic hydroxyl groups excluding tert-OH is 3. The summed E-state index contributed by atoms with van der Waals surface area (Å²) in [6.45, 7) is 2.48. The van der Waals surface area contributed by atoms with Gasteiger partial charge in [-0.3, -0.25) is 0 Å². The van der Waals surface area contributed by atoms with Crippen LogP contribution in [0.25, 0.3) is 0 Å². The van der Waals surface area contributed by atoms with E-state index in [-0.39, 0.29) is 51.4 Å². The molecule has 0 aliphatic heterocycles. The molecule has 0 aromatic carbocycles. The summed E-state index contributed by atoms with van der Waals surface area (Å²) in [5.74, 6) is -7.51. The van der Waals surface area contributed by atoms with Crippen molar-refractivity contribution in [2.75, 3.05) is 6.61 Å². The van der Waals surface area contributed by atoms with Gasteiger partial charge in [-0.2, -0.15) is 0 Å². The van der Waals surface area contributed by atoms with Gasteiger partial charge in [0, 0.05) is 6.08 Å². The van der Waals surface area contributed by atoms with Crippen LogP contribution in [0.15, 0.2) is 12.7 Å². The molecule has 0 aliphatic carbocycles. The Morgan fingerprint density at radius 3 is 2.15 bits per heavy atom. The number of aliphatic hydroxyl groups is 5. The van der Waals surface area contributed by atoms with Crippen LogP contribution in [-0.2, 0) is 14.3 Å². The van der Waals surface area contributed by atoms with Crippen LogP contribution in [-0.4, -0.2) is 67.7 Å². The van der Waals surface area contributed by atoms with Gasteiger partial charge in [0.1, 0.15) is 18.2 Å². The zero-order chi connectivity index (χ0) is 15.4. The average molecular weight is 318 g/mol. The molecule has 9 nitrogen and oxygen atoms in total. The third kappa shape index (κ3) is 4.56. The number of hydrogen-bond acceptors (Lipinski definition) is 9. The van der Waals surface area contributed by atoms with Crippen LogP contribution >= 0.6 is 0 Å². The van der Waals surface area contributed by atoms with Crippen molar-refractivity contribution in [1.82, 2.24) is 0 Å². The number of carbonyl (C=O) groups is 2. The Hall–Kier alpha value is 0.116. The standard InChI is InChI=1S/C10H16O9.K/c1-3-6(13)19-10(18,8(15)16)9(2,17)7(14)5(12)4-11;/h3,5,7,11-12,14,17-18H,1,4H2,2H3,(H,15,16);/q;+1/p-1/t5-,7-,9+,10-;/m1./s1. The normalized spacial score (nSPS) is 19.5. The summed E-state index contributed by atoms with van der Waals surface area (Å²) in [5.41, 5.74) is -3.06. The number of carboxylic acids is 1. The second-order valence-corrected chi connectivity index (χ2v) is 3.90. The van der Waals surface area contributed by atoms with Gasteiger partial charge in [0.05, 0.1) is 6.61 Å². The van der Waals surface area contributed by atoms with Crippen molar-refractivity contribution >= 4 is 11.9 Å². The van der Waals surface area contributed by atoms with Gasteiger partial charge in [-0.05, 0) is 6.92 Å². The fourth-order valence-corrected chi connectivity index (χ4v) is 1.21. The van der Waals surface area contributed by atoms with Crippen LogP contribution in [0.4, 0.5) is 0 Å². The second kappa shape index (κ2) is 8.53. The summed E-state index contributed by atoms with van der Waals surface area (Å²) in [5, 5.41) is 57.6. The maximum absolute atomic E-state index is 10.9. The van der Waals surface area contributed by atoms with Crippen LogP contribution in [0.5, 0.6) is 0 Å². The molecule has 0 aromatic heterocycles. The minimum Gasteiger partial charge on any atom is -0.543 e. The largest absolute Gasteiger partial charge is 1.00 e. The minimum absolute atomic E-state index is 0. The van der Waals surface area contributed by atoms with Crippen molar-refractivity contribution in [3.8, 4) is 0 Å². The van der Waals surface area contributed by atoms with Gasteiger partial charge in [0.25, 0.3) is 5.79 Å². The van der Waals surface area contributed by atoms with Crippen molar-refractivity contribution in [2.24, 2.45) is 0 Å². The van der Waals surface area contributed by atoms with Crippen LogP contribution < -0.4 is 56.5 Å². The van der Waals surface area contributed by atoms with Crippen molar-refractivity contribution < 1.29 is 96.3 Å². The minimum atomic E-state index is -3.66. The molecule has 0 amide bonds. The first-order valence-corrected chi connectivity index (χ1v) is 5.03. The van der Waals surface area contributed by atoms with E-state index >= 15 is 0 Å². The molecule has 5 N–H and O–H groups in total. The van der Waals surface area contributed by atoms with Crippen molar-refractivity contribution in [1.29, 1.82) is 0 Å². The molecule has 0 bridgehead atoms. The quantitative estimate of drug-likeness (QED) is 0.132. The number of esters is 1. The summed E-state index contributed by atoms with van der Waals surface area (Å²) in [4.78, 5) is 21.8. The van der Waals surface area contributed by atoms with Crippen LogP contribution in [0, 0.1) is 0 Å². The molecule has 0 aromatic rings. The van der Waals surface area contributed by atoms with E-state index in [0.717, 1.165) is 0 Å². The van der Waals surface area contributed by atoms with Crippen LogP contribution in [0.1, 0.15) is 6.92 Å². The molecule has 110 valence electrons. The second-order valence-electron chi connectivity index (χ2n) is 3.90. The van der Waals surface area contributed by atoms with Gasteiger partial charge < -0.3 is 40.2 Å². The number of aliphatic carboxylic acids is 1. The molecule has 0 radical (unpaired) electrons. The Morgan fingerprint density at radius 2 is 1.85 bits per heavy atom. The van der Waals surface area contributed by atoms with Crippen molar-refractivity contribution in [3.05, 3.63) is 12.7 Å². The van der Waals surface area contributed by atoms with Crippen molar-refractivity contribution in [2.45, 2.75) is 30.5 Å². The molecule has 0 spiro atoms. The Balaban J connectivity index is 0. The number of carbonyl (C=O) groups excluding carboxylic acids is 2. The predicted octanol–water partition coefficient (Wildman–Crippen LogP) is -7.38. The monoisotopic (exact) mass is 318 g/mol. The van der Waals surface area contributed by atoms with E-state index in [1.54, 1.807) is 0 Å². The molecular formula is C10H15KO9. The smallest absolute Gasteiger partial charge is 0.543 e. The van der Waals surface area contributed by atoms with Crippen LogP contribution in [0.2, 0.25) is 0 Å². The molecule has 0 unspecified atom stereocenters. The number of rotatable bonds is 7. The van der Waals surface area contributed by atoms with E-state index in [2.05, 4.69) is 11.3 Å². The Kier molecular flexibility index (Phi) is 9.56. The Morgan fingerprint density at radius 1 is 1.40 bits per heavy atom. The summed E-state index contributed by atoms with van der Waals surface area (Å²) in [7, 11) is 0. The molecule has 0 aliphatic rings. The van der Waals surface area contributed by atoms with E-state index in [0.29, 0.717) is 13.0 Å². The van der Waals surface area contributed by atoms with Gasteiger partial charge in [0.2, 0.25) is 0 Å². The Labute approximate surface area is 156 Å². The predicted molar refractivity (Wildman–Crippen MR) is 56.0 cm³/mol. The first kappa shape index (κ1) is 22.4. The first-order chi connectivity index (χ1) is 8.54. The third-order valence-electron chi connectivity index (χ3n) is 2.51. The molecule has 0 rings (SSSR count). The number of carboxylic acid groups (broad SMARTS) is 1. The molecule has 4 atom stereocenters. The zero-order valence-electron chi connectivity index (χ0n) is 11.0. The van der Waals surface area contributed by atoms with E-state index < -0.39 is 42.1 Å². The van der Waals surface area contributed by atoms with Crippen LogP contribution in [0.3, 0.4) is 0 Å². The Bertz CT molecular complexity index is 370. The van der Waals surface area contributed by atoms with Gasteiger partial charge in [-0.15, -0.1) is 0 Å². The van der Waals surface area contributed by atoms with Gasteiger partial charge in [-0.1, -0.05) is 6.58 Å². The maximum Gasteiger partial charge on any atom is 1.00 e. The fourth-order valence-electron chi connectivity index (χ4n) is 1.21. The molecule has 20 heavy (non-hydrogen) atoms. The number of hydrogen-bond donors (Lipinski definition) is 5. The average Bonchev–Trinajstić information content (AvgIpc) is 2.35. The van der Waals surface area contributed by atoms with Gasteiger partial charge >= 0.3 is 57.4 Å². The van der Waals surface area contributed by atoms with Gasteiger partial charge in [-0.25, -0.2) is 4.79 Å². The molecular weight excluding hydrogens is 303 g/mol. The molecule has 0 fully saturated rings. The summed E-state index contributed by atoms with van der Waals surface area (Å²) in [6, 6.07) is 0. The summed E-state index contributed by atoms with van der Waals surface area (Å²) in [6.07, 6.45) is -3.85. The molecule has 0 saturated carbocycles. The number of ether oxygens (including phenoxy) is 1. The van der Waals surface area contributed by atoms with E-state index in [1.807, 2.05) is 0 Å². The van der Waals surface area contributed by atoms with Crippen molar-refractivity contribution in [3.63, 3.8) is 0 Å². The molecule has 0 heterocycles. The third-order valence-corrected chi connectivity index (χ3v) is 2.51. The van der Waals surface area contributed by atoms with E-state index in [4.69, 9.17) is 10.2 Å². The fraction of sp³-hybridized carbons (Fsp3) is 0.600. The summed E-state index contributed by atoms with van der Waals surface area (Å²) >= 11 is 0. The molecule has 10 heteroatoms. The van der Waals surface area contributed by atoms with E-state index in [1.165, 1.54) is 0 Å². The van der Waals surface area contributed by atoms with Gasteiger partial charge in [0.15, 0.2) is 5.60 Å². The summed E-state index contributed by atoms with van der Waals surface area (Å²) < 4.78 is 4.06. The topological polar surface area (TPSA) is 168 Å². The molecule has 0 saturated heterocycles.